The molecular formula is C12H17N. The summed E-state index contributed by atoms with van der Waals surface area (Å²) >= 11 is 0. The smallest absolute Gasteiger partial charge is 0.0294 e. The fourth-order valence-electron chi connectivity index (χ4n) is 2.05. The fraction of sp³-hybridized carbons (Fsp3) is 0.500. The molecule has 0 saturated heterocycles. The van der Waals surface area contributed by atoms with Crippen molar-refractivity contribution in [3.63, 3.8) is 0 Å². The highest BCUT2D eigenvalue weighted by molar-refractivity contribution is 5.40. The summed E-state index contributed by atoms with van der Waals surface area (Å²) in [4.78, 5) is 0. The van der Waals surface area contributed by atoms with Gasteiger partial charge in [-0.15, -0.1) is 0 Å². The second-order valence-electron chi connectivity index (χ2n) is 4.06. The minimum atomic E-state index is 0.531. The van der Waals surface area contributed by atoms with E-state index in [9.17, 15) is 0 Å². The summed E-state index contributed by atoms with van der Waals surface area (Å²) < 4.78 is 0. The first-order valence-corrected chi connectivity index (χ1v) is 5.02. The highest BCUT2D eigenvalue weighted by Gasteiger charge is 2.15. The summed E-state index contributed by atoms with van der Waals surface area (Å²) in [7, 11) is 0. The van der Waals surface area contributed by atoms with E-state index in [-0.39, 0.29) is 0 Å². The van der Waals surface area contributed by atoms with Crippen LogP contribution in [0.4, 0.5) is 0 Å². The maximum atomic E-state index is 3.48. The van der Waals surface area contributed by atoms with Crippen molar-refractivity contribution in [2.45, 2.75) is 33.2 Å². The van der Waals surface area contributed by atoms with Crippen LogP contribution >= 0.6 is 0 Å². The molecule has 1 aromatic rings. The molecule has 1 heteroatoms. The predicted octanol–water partition coefficient (Wildman–Crippen LogP) is 2.51. The van der Waals surface area contributed by atoms with Gasteiger partial charge in [0.15, 0.2) is 0 Å². The standard InChI is InChI=1S/C12H17N/c1-8-6-11-4-5-13-10(3)12(11)7-9(8)2/h6-7,10,13H,4-5H2,1-3H3. The van der Waals surface area contributed by atoms with Gasteiger partial charge in [0.05, 0.1) is 0 Å². The predicted molar refractivity (Wildman–Crippen MR) is 56.0 cm³/mol. The Hall–Kier alpha value is -0.820. The van der Waals surface area contributed by atoms with Crippen LogP contribution < -0.4 is 5.32 Å². The van der Waals surface area contributed by atoms with Crippen LogP contribution in [0, 0.1) is 13.8 Å². The molecule has 1 aromatic carbocycles. The van der Waals surface area contributed by atoms with E-state index in [1.54, 1.807) is 0 Å². The molecule has 1 N–H and O–H groups in total. The van der Waals surface area contributed by atoms with E-state index < -0.39 is 0 Å². The molecule has 0 amide bonds. The number of benzene rings is 1. The first-order valence-electron chi connectivity index (χ1n) is 5.02. The Balaban J connectivity index is 2.52. The van der Waals surface area contributed by atoms with Crippen molar-refractivity contribution in [1.29, 1.82) is 0 Å². The third-order valence-corrected chi connectivity index (χ3v) is 3.07. The zero-order valence-corrected chi connectivity index (χ0v) is 8.65. The van der Waals surface area contributed by atoms with Crippen LogP contribution in [0.2, 0.25) is 0 Å². The van der Waals surface area contributed by atoms with E-state index in [1.807, 2.05) is 0 Å². The maximum Gasteiger partial charge on any atom is 0.0294 e. The van der Waals surface area contributed by atoms with Crippen LogP contribution in [0.3, 0.4) is 0 Å². The summed E-state index contributed by atoms with van der Waals surface area (Å²) in [6.45, 7) is 7.75. The van der Waals surface area contributed by atoms with E-state index >= 15 is 0 Å². The Kier molecular flexibility index (Phi) is 2.12. The molecule has 0 aromatic heterocycles. The molecule has 0 saturated carbocycles. The number of aryl methyl sites for hydroxylation is 2. The van der Waals surface area contributed by atoms with Crippen molar-refractivity contribution >= 4 is 0 Å². The molecule has 0 radical (unpaired) electrons. The topological polar surface area (TPSA) is 12.0 Å². The van der Waals surface area contributed by atoms with Crippen LogP contribution in [0.25, 0.3) is 0 Å². The van der Waals surface area contributed by atoms with Crippen molar-refractivity contribution in [2.24, 2.45) is 0 Å². The Labute approximate surface area is 80.2 Å². The zero-order chi connectivity index (χ0) is 9.42. The first kappa shape index (κ1) is 8.76. The maximum absolute atomic E-state index is 3.48. The first-order chi connectivity index (χ1) is 6.18. The number of hydrogen-bond acceptors (Lipinski definition) is 1. The van der Waals surface area contributed by atoms with Gasteiger partial charge in [0.25, 0.3) is 0 Å². The quantitative estimate of drug-likeness (QED) is 0.639. The average molecular weight is 175 g/mol. The summed E-state index contributed by atoms with van der Waals surface area (Å²) in [5.41, 5.74) is 5.87. The molecule has 0 fully saturated rings. The van der Waals surface area contributed by atoms with Crippen molar-refractivity contribution in [3.05, 3.63) is 34.4 Å². The fourth-order valence-corrected chi connectivity index (χ4v) is 2.05. The van der Waals surface area contributed by atoms with Crippen molar-refractivity contribution in [3.8, 4) is 0 Å². The van der Waals surface area contributed by atoms with Crippen LogP contribution in [-0.4, -0.2) is 6.54 Å². The number of rotatable bonds is 0. The molecule has 1 unspecified atom stereocenters. The lowest BCUT2D eigenvalue weighted by molar-refractivity contribution is 0.540. The lowest BCUT2D eigenvalue weighted by atomic mass is 9.91. The molecule has 1 aliphatic rings. The van der Waals surface area contributed by atoms with Gasteiger partial charge in [0.2, 0.25) is 0 Å². The van der Waals surface area contributed by atoms with Crippen LogP contribution in [0.1, 0.15) is 35.2 Å². The molecule has 0 aliphatic carbocycles. The second-order valence-corrected chi connectivity index (χ2v) is 4.06. The molecule has 1 nitrogen and oxygen atoms in total. The Morgan fingerprint density at radius 3 is 2.69 bits per heavy atom. The zero-order valence-electron chi connectivity index (χ0n) is 8.65. The SMILES string of the molecule is Cc1cc2c(cc1C)C(C)NCC2. The van der Waals surface area contributed by atoms with Gasteiger partial charge in [-0.3, -0.25) is 0 Å². The normalized spacial score (nSPS) is 21.3. The molecule has 1 heterocycles. The summed E-state index contributed by atoms with van der Waals surface area (Å²) in [5.74, 6) is 0. The molecule has 1 aliphatic heterocycles. The van der Waals surface area contributed by atoms with Crippen molar-refractivity contribution in [2.75, 3.05) is 6.54 Å². The van der Waals surface area contributed by atoms with E-state index in [1.165, 1.54) is 28.7 Å². The van der Waals surface area contributed by atoms with E-state index in [0.29, 0.717) is 6.04 Å². The number of fused-ring (bicyclic) bond motifs is 1. The Bertz CT molecular complexity index is 328. The van der Waals surface area contributed by atoms with Gasteiger partial charge in [-0.25, -0.2) is 0 Å². The monoisotopic (exact) mass is 175 g/mol. The van der Waals surface area contributed by atoms with Crippen molar-refractivity contribution < 1.29 is 0 Å². The molecule has 1 atom stereocenters. The largest absolute Gasteiger partial charge is 0.310 e. The highest BCUT2D eigenvalue weighted by Crippen LogP contribution is 2.25. The number of hydrogen-bond donors (Lipinski definition) is 1. The van der Waals surface area contributed by atoms with Crippen LogP contribution in [0.5, 0.6) is 0 Å². The summed E-state index contributed by atoms with van der Waals surface area (Å²) in [6, 6.07) is 5.21. The van der Waals surface area contributed by atoms with Crippen molar-refractivity contribution in [1.82, 2.24) is 5.32 Å². The van der Waals surface area contributed by atoms with E-state index in [0.717, 1.165) is 6.54 Å². The highest BCUT2D eigenvalue weighted by atomic mass is 14.9. The molecule has 0 bridgehead atoms. The Morgan fingerprint density at radius 2 is 1.92 bits per heavy atom. The third-order valence-electron chi connectivity index (χ3n) is 3.07. The van der Waals surface area contributed by atoms with Gasteiger partial charge in [-0.2, -0.15) is 0 Å². The molecule has 2 rings (SSSR count). The Morgan fingerprint density at radius 1 is 1.23 bits per heavy atom. The summed E-state index contributed by atoms with van der Waals surface area (Å²) in [6.07, 6.45) is 1.18. The summed E-state index contributed by atoms with van der Waals surface area (Å²) in [5, 5.41) is 3.48. The van der Waals surface area contributed by atoms with Gasteiger partial charge in [0.1, 0.15) is 0 Å². The van der Waals surface area contributed by atoms with Gasteiger partial charge >= 0.3 is 0 Å². The van der Waals surface area contributed by atoms with Gasteiger partial charge in [-0.05, 0) is 56.0 Å². The molecule has 13 heavy (non-hydrogen) atoms. The second kappa shape index (κ2) is 3.15. The third kappa shape index (κ3) is 1.49. The molecule has 70 valence electrons. The lowest BCUT2D eigenvalue weighted by Gasteiger charge is -2.25. The van der Waals surface area contributed by atoms with E-state index in [2.05, 4.69) is 38.2 Å². The van der Waals surface area contributed by atoms with Gasteiger partial charge < -0.3 is 5.32 Å². The minimum absolute atomic E-state index is 0.531. The minimum Gasteiger partial charge on any atom is -0.310 e. The van der Waals surface area contributed by atoms with E-state index in [4.69, 9.17) is 0 Å². The lowest BCUT2D eigenvalue weighted by Crippen LogP contribution is -2.27. The van der Waals surface area contributed by atoms with Crippen LogP contribution in [0.15, 0.2) is 12.1 Å². The molecular weight excluding hydrogens is 158 g/mol. The number of nitrogens with one attached hydrogen (secondary N) is 1. The van der Waals surface area contributed by atoms with Crippen LogP contribution in [-0.2, 0) is 6.42 Å². The molecule has 0 spiro atoms. The average Bonchev–Trinajstić information content (AvgIpc) is 2.09. The van der Waals surface area contributed by atoms with Gasteiger partial charge in [-0.1, -0.05) is 12.1 Å². The van der Waals surface area contributed by atoms with Gasteiger partial charge in [0, 0.05) is 6.04 Å².